The molecule has 0 saturated heterocycles. The standard InChI is InChI=1S/C16H26O4/c1-10-11(8-7-9-16(2,3)4)13(18)15(20-6)14(19-5)12(10)17/h17-18H,7-9H2,1-6H3. The summed E-state index contributed by atoms with van der Waals surface area (Å²) in [5.41, 5.74) is 1.63. The first-order valence-corrected chi connectivity index (χ1v) is 6.88. The molecule has 0 aliphatic rings. The zero-order chi connectivity index (χ0) is 15.5. The topological polar surface area (TPSA) is 58.9 Å². The molecule has 0 spiro atoms. The number of benzene rings is 1. The molecule has 4 heteroatoms. The highest BCUT2D eigenvalue weighted by Crippen LogP contribution is 2.48. The van der Waals surface area contributed by atoms with Crippen LogP contribution in [-0.4, -0.2) is 24.4 Å². The number of rotatable bonds is 5. The lowest BCUT2D eigenvalue weighted by atomic mass is 9.88. The van der Waals surface area contributed by atoms with Crippen LogP contribution >= 0.6 is 0 Å². The molecule has 20 heavy (non-hydrogen) atoms. The van der Waals surface area contributed by atoms with Crippen molar-refractivity contribution in [1.82, 2.24) is 0 Å². The fraction of sp³-hybridized carbons (Fsp3) is 0.625. The number of phenolic OH excluding ortho intramolecular Hbond substituents is 2. The molecule has 1 aromatic rings. The molecule has 0 aromatic heterocycles. The Kier molecular flexibility index (Phi) is 5.15. The van der Waals surface area contributed by atoms with E-state index in [4.69, 9.17) is 9.47 Å². The molecule has 0 unspecified atom stereocenters. The number of aromatic hydroxyl groups is 2. The highest BCUT2D eigenvalue weighted by atomic mass is 16.5. The summed E-state index contributed by atoms with van der Waals surface area (Å²) in [6.45, 7) is 8.34. The number of methoxy groups -OCH3 is 2. The summed E-state index contributed by atoms with van der Waals surface area (Å²) in [5.74, 6) is 0.477. The van der Waals surface area contributed by atoms with Gasteiger partial charge in [0.05, 0.1) is 14.2 Å². The van der Waals surface area contributed by atoms with E-state index in [-0.39, 0.29) is 28.4 Å². The summed E-state index contributed by atoms with van der Waals surface area (Å²) >= 11 is 0. The van der Waals surface area contributed by atoms with Crippen molar-refractivity contribution in [2.75, 3.05) is 14.2 Å². The van der Waals surface area contributed by atoms with Gasteiger partial charge >= 0.3 is 0 Å². The highest BCUT2D eigenvalue weighted by Gasteiger charge is 2.23. The van der Waals surface area contributed by atoms with E-state index < -0.39 is 0 Å². The van der Waals surface area contributed by atoms with E-state index in [1.54, 1.807) is 6.92 Å². The van der Waals surface area contributed by atoms with Crippen molar-refractivity contribution in [3.63, 3.8) is 0 Å². The minimum Gasteiger partial charge on any atom is -0.504 e. The van der Waals surface area contributed by atoms with Crippen LogP contribution in [-0.2, 0) is 6.42 Å². The minimum atomic E-state index is 0.0351. The van der Waals surface area contributed by atoms with E-state index in [9.17, 15) is 10.2 Å². The van der Waals surface area contributed by atoms with E-state index in [1.807, 2.05) is 0 Å². The van der Waals surface area contributed by atoms with E-state index in [1.165, 1.54) is 14.2 Å². The molecule has 2 N–H and O–H groups in total. The van der Waals surface area contributed by atoms with Crippen molar-refractivity contribution < 1.29 is 19.7 Å². The number of ether oxygens (including phenoxy) is 2. The van der Waals surface area contributed by atoms with Crippen LogP contribution in [0.2, 0.25) is 0 Å². The van der Waals surface area contributed by atoms with Crippen LogP contribution in [0.5, 0.6) is 23.0 Å². The van der Waals surface area contributed by atoms with Crippen LogP contribution < -0.4 is 9.47 Å². The van der Waals surface area contributed by atoms with E-state index >= 15 is 0 Å². The lowest BCUT2D eigenvalue weighted by molar-refractivity contribution is 0.312. The summed E-state index contributed by atoms with van der Waals surface area (Å²) < 4.78 is 10.3. The monoisotopic (exact) mass is 282 g/mol. The predicted molar refractivity (Wildman–Crippen MR) is 80.0 cm³/mol. The first-order valence-electron chi connectivity index (χ1n) is 6.88. The summed E-state index contributed by atoms with van der Waals surface area (Å²) in [4.78, 5) is 0. The maximum atomic E-state index is 10.3. The average molecular weight is 282 g/mol. The molecule has 0 aliphatic heterocycles. The number of hydrogen-bond donors (Lipinski definition) is 2. The third-order valence-corrected chi connectivity index (χ3v) is 3.49. The molecule has 0 atom stereocenters. The molecule has 4 nitrogen and oxygen atoms in total. The first-order chi connectivity index (χ1) is 9.22. The van der Waals surface area contributed by atoms with Gasteiger partial charge in [0.15, 0.2) is 11.5 Å². The van der Waals surface area contributed by atoms with Crippen LogP contribution in [0, 0.1) is 12.3 Å². The minimum absolute atomic E-state index is 0.0351. The summed E-state index contributed by atoms with van der Waals surface area (Å²) in [5, 5.41) is 20.5. The Morgan fingerprint density at radius 3 is 1.90 bits per heavy atom. The molecule has 0 aliphatic carbocycles. The Labute approximate surface area is 121 Å². The van der Waals surface area contributed by atoms with E-state index in [0.717, 1.165) is 18.4 Å². The van der Waals surface area contributed by atoms with E-state index in [2.05, 4.69) is 20.8 Å². The summed E-state index contributed by atoms with van der Waals surface area (Å²) in [6, 6.07) is 0. The van der Waals surface area contributed by atoms with Gasteiger partial charge in [-0.05, 0) is 31.6 Å². The Hall–Kier alpha value is -1.58. The van der Waals surface area contributed by atoms with Gasteiger partial charge < -0.3 is 19.7 Å². The lowest BCUT2D eigenvalue weighted by Crippen LogP contribution is -2.06. The second kappa shape index (κ2) is 6.25. The molecular formula is C16H26O4. The lowest BCUT2D eigenvalue weighted by Gasteiger charge is -2.20. The molecule has 0 fully saturated rings. The van der Waals surface area contributed by atoms with Crippen LogP contribution in [0.15, 0.2) is 0 Å². The Morgan fingerprint density at radius 1 is 0.950 bits per heavy atom. The average Bonchev–Trinajstić information content (AvgIpc) is 2.36. The predicted octanol–water partition coefficient (Wildman–Crippen LogP) is 3.79. The van der Waals surface area contributed by atoms with Crippen LogP contribution in [0.4, 0.5) is 0 Å². The van der Waals surface area contributed by atoms with Gasteiger partial charge in [-0.1, -0.05) is 20.8 Å². The molecular weight excluding hydrogens is 256 g/mol. The molecule has 0 bridgehead atoms. The third-order valence-electron chi connectivity index (χ3n) is 3.49. The van der Waals surface area contributed by atoms with Crippen molar-refractivity contribution in [1.29, 1.82) is 0 Å². The smallest absolute Gasteiger partial charge is 0.207 e. The molecule has 0 radical (unpaired) electrons. The molecule has 0 amide bonds. The SMILES string of the molecule is COc1c(O)c(C)c(CCCC(C)(C)C)c(O)c1OC. The molecule has 1 aromatic carbocycles. The van der Waals surface area contributed by atoms with E-state index in [0.29, 0.717) is 12.0 Å². The molecule has 114 valence electrons. The fourth-order valence-corrected chi connectivity index (χ4v) is 2.32. The van der Waals surface area contributed by atoms with Gasteiger partial charge in [-0.25, -0.2) is 0 Å². The van der Waals surface area contributed by atoms with Crippen molar-refractivity contribution in [2.45, 2.75) is 47.0 Å². The molecule has 0 heterocycles. The first kappa shape index (κ1) is 16.5. The van der Waals surface area contributed by atoms with Crippen LogP contribution in [0.1, 0.15) is 44.7 Å². The van der Waals surface area contributed by atoms with Gasteiger partial charge in [0.2, 0.25) is 11.5 Å². The van der Waals surface area contributed by atoms with Crippen molar-refractivity contribution >= 4 is 0 Å². The molecule has 1 rings (SSSR count). The Morgan fingerprint density at radius 2 is 1.45 bits per heavy atom. The second-order valence-electron chi connectivity index (χ2n) is 6.28. The maximum absolute atomic E-state index is 10.3. The zero-order valence-electron chi connectivity index (χ0n) is 13.3. The van der Waals surface area contributed by atoms with Crippen molar-refractivity contribution in [3.05, 3.63) is 11.1 Å². The van der Waals surface area contributed by atoms with Gasteiger partial charge in [-0.15, -0.1) is 0 Å². The number of hydrogen-bond acceptors (Lipinski definition) is 4. The quantitative estimate of drug-likeness (QED) is 0.807. The van der Waals surface area contributed by atoms with Gasteiger partial charge in [-0.3, -0.25) is 0 Å². The Balaban J connectivity index is 3.11. The highest BCUT2D eigenvalue weighted by molar-refractivity contribution is 5.65. The van der Waals surface area contributed by atoms with Gasteiger partial charge in [0, 0.05) is 11.1 Å². The normalized spacial score (nSPS) is 11.5. The van der Waals surface area contributed by atoms with Crippen molar-refractivity contribution in [2.24, 2.45) is 5.41 Å². The largest absolute Gasteiger partial charge is 0.504 e. The molecule has 0 saturated carbocycles. The summed E-state index contributed by atoms with van der Waals surface area (Å²) in [7, 11) is 2.89. The number of phenols is 2. The van der Waals surface area contributed by atoms with Gasteiger partial charge in [0.1, 0.15) is 0 Å². The second-order valence-corrected chi connectivity index (χ2v) is 6.28. The van der Waals surface area contributed by atoms with Gasteiger partial charge in [-0.2, -0.15) is 0 Å². The third kappa shape index (κ3) is 3.50. The zero-order valence-corrected chi connectivity index (χ0v) is 13.3. The van der Waals surface area contributed by atoms with Gasteiger partial charge in [0.25, 0.3) is 0 Å². The Bertz CT molecular complexity index is 473. The fourth-order valence-electron chi connectivity index (χ4n) is 2.32. The van der Waals surface area contributed by atoms with Crippen LogP contribution in [0.25, 0.3) is 0 Å². The maximum Gasteiger partial charge on any atom is 0.207 e. The van der Waals surface area contributed by atoms with Crippen LogP contribution in [0.3, 0.4) is 0 Å². The summed E-state index contributed by atoms with van der Waals surface area (Å²) in [6.07, 6.45) is 2.68. The van der Waals surface area contributed by atoms with Crippen molar-refractivity contribution in [3.8, 4) is 23.0 Å².